The third kappa shape index (κ3) is 5.79. The second-order valence-electron chi connectivity index (χ2n) is 8.32. The Morgan fingerprint density at radius 3 is 2.56 bits per heavy atom. The van der Waals surface area contributed by atoms with Crippen molar-refractivity contribution in [3.8, 4) is 29.6 Å². The molecule has 1 aliphatic heterocycles. The molecule has 0 saturated carbocycles. The highest BCUT2D eigenvalue weighted by Crippen LogP contribution is 2.41. The summed E-state index contributed by atoms with van der Waals surface area (Å²) < 4.78 is 24.7. The van der Waals surface area contributed by atoms with E-state index in [1.165, 1.54) is 23.0 Å². The number of halogens is 1. The van der Waals surface area contributed by atoms with Crippen LogP contribution in [0.3, 0.4) is 0 Å². The van der Waals surface area contributed by atoms with Crippen molar-refractivity contribution in [1.29, 1.82) is 0 Å². The SMILES string of the molecule is C#CCOc1ccc(/C=c2/sc3n(c2=O)[C@H](c2cc(OC)c(OCC)cc2Br)C(C(=O)OCC)=C(C)N=3)cc1. The highest BCUT2D eigenvalue weighted by atomic mass is 79.9. The van der Waals surface area contributed by atoms with Gasteiger partial charge in [-0.1, -0.05) is 45.3 Å². The number of allylic oxidation sites excluding steroid dienone is 1. The Bertz CT molecular complexity index is 1650. The molecule has 0 spiro atoms. The molecule has 0 fully saturated rings. The molecule has 202 valence electrons. The molecule has 3 aromatic rings. The number of aromatic nitrogens is 1. The summed E-state index contributed by atoms with van der Waals surface area (Å²) in [7, 11) is 1.54. The van der Waals surface area contributed by atoms with Crippen LogP contribution in [-0.2, 0) is 9.53 Å². The van der Waals surface area contributed by atoms with Crippen molar-refractivity contribution < 1.29 is 23.7 Å². The van der Waals surface area contributed by atoms with E-state index in [-0.39, 0.29) is 24.3 Å². The van der Waals surface area contributed by atoms with Crippen molar-refractivity contribution in [2.24, 2.45) is 4.99 Å². The predicted octanol–water partition coefficient (Wildman–Crippen LogP) is 3.98. The number of hydrogen-bond donors (Lipinski definition) is 0. The molecule has 1 aliphatic rings. The lowest BCUT2D eigenvalue weighted by molar-refractivity contribution is -0.139. The molecule has 0 unspecified atom stereocenters. The number of ether oxygens (including phenoxy) is 4. The summed E-state index contributed by atoms with van der Waals surface area (Å²) >= 11 is 4.87. The fraction of sp³-hybridized carbons (Fsp3) is 0.276. The molecule has 8 nitrogen and oxygen atoms in total. The summed E-state index contributed by atoms with van der Waals surface area (Å²) in [6.45, 7) is 6.15. The van der Waals surface area contributed by atoms with Crippen LogP contribution in [-0.4, -0.2) is 37.5 Å². The number of hydrogen-bond acceptors (Lipinski definition) is 8. The average Bonchev–Trinajstić information content (AvgIpc) is 3.22. The van der Waals surface area contributed by atoms with Crippen LogP contribution in [0.25, 0.3) is 6.08 Å². The summed E-state index contributed by atoms with van der Waals surface area (Å²) in [5, 5.41) is 0. The number of esters is 1. The molecule has 1 aromatic heterocycles. The van der Waals surface area contributed by atoms with Crippen molar-refractivity contribution in [2.75, 3.05) is 26.9 Å². The predicted molar refractivity (Wildman–Crippen MR) is 153 cm³/mol. The maximum atomic E-state index is 13.9. The number of carbonyl (C=O) groups is 1. The number of rotatable bonds is 9. The second-order valence-corrected chi connectivity index (χ2v) is 10.2. The molecule has 0 N–H and O–H groups in total. The molecule has 4 rings (SSSR count). The Kier molecular flexibility index (Phi) is 8.94. The Morgan fingerprint density at radius 1 is 1.18 bits per heavy atom. The Balaban J connectivity index is 1.91. The standard InChI is InChI=1S/C29H27BrN2O6S/c1-6-13-38-19-11-9-18(10-12-19)14-24-27(33)32-26(20-15-22(35-5)23(36-7-2)16-21(20)30)25(28(34)37-8-3)17(4)31-29(32)39-24/h1,9-12,14-16,26H,7-8,13H2,2-5H3/b24-14+/t26-/m1/s1. The van der Waals surface area contributed by atoms with Crippen LogP contribution in [0.4, 0.5) is 0 Å². The minimum absolute atomic E-state index is 0.173. The first kappa shape index (κ1) is 28.2. The minimum Gasteiger partial charge on any atom is -0.493 e. The van der Waals surface area contributed by atoms with Gasteiger partial charge in [-0.2, -0.15) is 0 Å². The molecular formula is C29H27BrN2O6S. The topological polar surface area (TPSA) is 88.3 Å². The molecule has 0 bridgehead atoms. The fourth-order valence-corrected chi connectivity index (χ4v) is 5.80. The van der Waals surface area contributed by atoms with Crippen molar-refractivity contribution in [2.45, 2.75) is 26.8 Å². The second kappa shape index (κ2) is 12.4. The van der Waals surface area contributed by atoms with Crippen molar-refractivity contribution >= 4 is 39.3 Å². The number of methoxy groups -OCH3 is 1. The van der Waals surface area contributed by atoms with E-state index in [0.717, 1.165) is 5.56 Å². The fourth-order valence-electron chi connectivity index (χ4n) is 4.21. The number of fused-ring (bicyclic) bond motifs is 1. The van der Waals surface area contributed by atoms with Gasteiger partial charge in [0.15, 0.2) is 16.3 Å². The van der Waals surface area contributed by atoms with E-state index in [0.29, 0.717) is 48.9 Å². The van der Waals surface area contributed by atoms with Gasteiger partial charge in [-0.05, 0) is 62.2 Å². The Morgan fingerprint density at radius 2 is 1.92 bits per heavy atom. The zero-order chi connectivity index (χ0) is 28.1. The Hall–Kier alpha value is -3.81. The highest BCUT2D eigenvalue weighted by molar-refractivity contribution is 9.10. The van der Waals surface area contributed by atoms with E-state index in [9.17, 15) is 9.59 Å². The Labute approximate surface area is 238 Å². The van der Waals surface area contributed by atoms with E-state index in [2.05, 4.69) is 26.8 Å². The normalized spacial score (nSPS) is 14.8. The lowest BCUT2D eigenvalue weighted by Gasteiger charge is -2.26. The molecule has 0 amide bonds. The van der Waals surface area contributed by atoms with Crippen LogP contribution in [0, 0.1) is 12.3 Å². The van der Waals surface area contributed by atoms with Gasteiger partial charge in [-0.25, -0.2) is 9.79 Å². The van der Waals surface area contributed by atoms with Crippen molar-refractivity contribution in [3.05, 3.63) is 83.0 Å². The molecule has 0 aliphatic carbocycles. The molecule has 2 aromatic carbocycles. The first-order valence-electron chi connectivity index (χ1n) is 12.2. The molecule has 10 heteroatoms. The summed E-state index contributed by atoms with van der Waals surface area (Å²) in [4.78, 5) is 32.2. The quantitative estimate of drug-likeness (QED) is 0.269. The molecule has 0 radical (unpaired) electrons. The maximum Gasteiger partial charge on any atom is 0.338 e. The molecule has 0 saturated heterocycles. The molecule has 39 heavy (non-hydrogen) atoms. The van der Waals surface area contributed by atoms with Crippen LogP contribution < -0.4 is 29.1 Å². The van der Waals surface area contributed by atoms with E-state index in [1.807, 2.05) is 19.1 Å². The van der Waals surface area contributed by atoms with Gasteiger partial charge in [0.2, 0.25) is 0 Å². The average molecular weight is 612 g/mol. The number of nitrogens with zero attached hydrogens (tertiary/aromatic N) is 2. The zero-order valence-corrected chi connectivity index (χ0v) is 24.4. The third-order valence-corrected chi connectivity index (χ3v) is 7.56. The number of carbonyl (C=O) groups excluding carboxylic acids is 1. The highest BCUT2D eigenvalue weighted by Gasteiger charge is 2.35. The third-order valence-electron chi connectivity index (χ3n) is 5.89. The lowest BCUT2D eigenvalue weighted by Crippen LogP contribution is -2.40. The van der Waals surface area contributed by atoms with E-state index < -0.39 is 12.0 Å². The van der Waals surface area contributed by atoms with Crippen LogP contribution >= 0.6 is 27.3 Å². The summed E-state index contributed by atoms with van der Waals surface area (Å²) in [6, 6.07) is 9.99. The molecular weight excluding hydrogens is 584 g/mol. The van der Waals surface area contributed by atoms with Crippen LogP contribution in [0.15, 0.2) is 61.9 Å². The van der Waals surface area contributed by atoms with E-state index >= 15 is 0 Å². The van der Waals surface area contributed by atoms with Gasteiger partial charge < -0.3 is 18.9 Å². The first-order chi connectivity index (χ1) is 18.8. The first-order valence-corrected chi connectivity index (χ1v) is 13.8. The van der Waals surface area contributed by atoms with Gasteiger partial charge in [-0.3, -0.25) is 9.36 Å². The zero-order valence-electron chi connectivity index (χ0n) is 21.9. The van der Waals surface area contributed by atoms with Gasteiger partial charge in [0.25, 0.3) is 5.56 Å². The summed E-state index contributed by atoms with van der Waals surface area (Å²) in [5.74, 6) is 3.53. The van der Waals surface area contributed by atoms with Crippen molar-refractivity contribution in [3.63, 3.8) is 0 Å². The van der Waals surface area contributed by atoms with Crippen LogP contribution in [0.1, 0.15) is 37.9 Å². The van der Waals surface area contributed by atoms with Crippen molar-refractivity contribution in [1.82, 2.24) is 4.57 Å². The monoisotopic (exact) mass is 610 g/mol. The summed E-state index contributed by atoms with van der Waals surface area (Å²) in [6.07, 6.45) is 7.03. The van der Waals surface area contributed by atoms with Gasteiger partial charge in [0.05, 0.1) is 42.2 Å². The van der Waals surface area contributed by atoms with Crippen LogP contribution in [0.5, 0.6) is 17.2 Å². The van der Waals surface area contributed by atoms with Gasteiger partial charge in [0, 0.05) is 4.47 Å². The number of benzene rings is 2. The minimum atomic E-state index is -0.805. The van der Waals surface area contributed by atoms with Gasteiger partial charge >= 0.3 is 5.97 Å². The molecule has 2 heterocycles. The lowest BCUT2D eigenvalue weighted by atomic mass is 9.95. The van der Waals surface area contributed by atoms with E-state index in [4.69, 9.17) is 25.4 Å². The number of terminal acetylenes is 1. The van der Waals surface area contributed by atoms with Gasteiger partial charge in [0.1, 0.15) is 12.4 Å². The maximum absolute atomic E-state index is 13.9. The van der Waals surface area contributed by atoms with Gasteiger partial charge in [-0.15, -0.1) is 6.42 Å². The molecule has 1 atom stereocenters. The van der Waals surface area contributed by atoms with E-state index in [1.54, 1.807) is 44.2 Å². The summed E-state index contributed by atoms with van der Waals surface area (Å²) in [5.41, 5.74) is 1.90. The largest absolute Gasteiger partial charge is 0.493 e. The number of thiazole rings is 1. The van der Waals surface area contributed by atoms with Crippen LogP contribution in [0.2, 0.25) is 0 Å². The smallest absolute Gasteiger partial charge is 0.338 e.